The van der Waals surface area contributed by atoms with Gasteiger partial charge in [0.2, 0.25) is 0 Å². The fraction of sp³-hybridized carbons (Fsp3) is 0.440. The smallest absolute Gasteiger partial charge is 0.168 e. The maximum absolute atomic E-state index is 6.15. The number of allylic oxidation sites excluding steroid dienone is 2. The molecule has 0 radical (unpaired) electrons. The Hall–Kier alpha value is -2.66. The molecule has 0 saturated carbocycles. The molecule has 2 aromatic carbocycles. The van der Waals surface area contributed by atoms with Gasteiger partial charge in [0.15, 0.2) is 23.0 Å². The number of rotatable bonds is 6. The van der Waals surface area contributed by atoms with Crippen molar-refractivity contribution in [2.75, 3.05) is 41.0 Å². The molecule has 2 aliphatic rings. The zero-order valence-corrected chi connectivity index (χ0v) is 18.1. The predicted octanol–water partition coefficient (Wildman–Crippen LogP) is 4.93. The van der Waals surface area contributed by atoms with Crippen LogP contribution in [0.1, 0.15) is 24.8 Å². The second-order valence-corrected chi connectivity index (χ2v) is 7.94. The summed E-state index contributed by atoms with van der Waals surface area (Å²) in [6, 6.07) is 10.2. The van der Waals surface area contributed by atoms with Crippen molar-refractivity contribution in [3.05, 3.63) is 48.0 Å². The van der Waals surface area contributed by atoms with Crippen molar-refractivity contribution in [3.63, 3.8) is 0 Å². The van der Waals surface area contributed by atoms with Crippen LogP contribution < -0.4 is 18.9 Å². The molecule has 160 valence electrons. The summed E-state index contributed by atoms with van der Waals surface area (Å²) >= 11 is 0. The van der Waals surface area contributed by atoms with Gasteiger partial charge in [-0.2, -0.15) is 0 Å². The molecule has 30 heavy (non-hydrogen) atoms. The minimum Gasteiger partial charge on any atom is -0.493 e. The third-order valence-electron chi connectivity index (χ3n) is 6.01. The normalized spacial score (nSPS) is 18.8. The standard InChI is InChI=1S/C25H31NO4/c1-27-22-11-7-10-21(25(22)29-3)19-14-20-17-26(16-18-8-5-4-6-9-18)12-13-30-24(20)23(15-19)28-2/h4-5,7,10-11,14-15,18H,6,8-9,12-13,16-17H2,1-3H3. The third kappa shape index (κ3) is 4.26. The molecule has 1 heterocycles. The van der Waals surface area contributed by atoms with E-state index in [0.717, 1.165) is 59.5 Å². The zero-order valence-electron chi connectivity index (χ0n) is 18.1. The molecule has 2 aromatic rings. The van der Waals surface area contributed by atoms with Crippen molar-refractivity contribution in [1.29, 1.82) is 0 Å². The molecule has 1 atom stereocenters. The predicted molar refractivity (Wildman–Crippen MR) is 119 cm³/mol. The van der Waals surface area contributed by atoms with Crippen LogP contribution >= 0.6 is 0 Å². The van der Waals surface area contributed by atoms with E-state index in [1.54, 1.807) is 21.3 Å². The lowest BCUT2D eigenvalue weighted by atomic mass is 9.93. The third-order valence-corrected chi connectivity index (χ3v) is 6.01. The van der Waals surface area contributed by atoms with Crippen LogP contribution in [0.5, 0.6) is 23.0 Å². The highest BCUT2D eigenvalue weighted by Crippen LogP contribution is 2.43. The minimum atomic E-state index is 0.674. The van der Waals surface area contributed by atoms with E-state index >= 15 is 0 Å². The monoisotopic (exact) mass is 409 g/mol. The van der Waals surface area contributed by atoms with E-state index in [1.807, 2.05) is 24.3 Å². The average molecular weight is 410 g/mol. The summed E-state index contributed by atoms with van der Waals surface area (Å²) in [6.45, 7) is 3.55. The molecule has 1 aliphatic heterocycles. The van der Waals surface area contributed by atoms with E-state index in [-0.39, 0.29) is 0 Å². The van der Waals surface area contributed by atoms with Crippen LogP contribution in [-0.4, -0.2) is 45.9 Å². The van der Waals surface area contributed by atoms with Gasteiger partial charge in [0.1, 0.15) is 6.61 Å². The topological polar surface area (TPSA) is 40.2 Å². The second kappa shape index (κ2) is 9.43. The minimum absolute atomic E-state index is 0.674. The van der Waals surface area contributed by atoms with Crippen molar-refractivity contribution in [2.24, 2.45) is 5.92 Å². The van der Waals surface area contributed by atoms with Crippen LogP contribution in [0.2, 0.25) is 0 Å². The Labute approximate surface area is 179 Å². The Bertz CT molecular complexity index is 908. The first kappa shape index (κ1) is 20.6. The van der Waals surface area contributed by atoms with Crippen LogP contribution in [0, 0.1) is 5.92 Å². The van der Waals surface area contributed by atoms with Crippen LogP contribution in [0.25, 0.3) is 11.1 Å². The highest BCUT2D eigenvalue weighted by Gasteiger charge is 2.24. The van der Waals surface area contributed by atoms with Gasteiger partial charge in [-0.3, -0.25) is 4.90 Å². The van der Waals surface area contributed by atoms with Crippen molar-refractivity contribution >= 4 is 0 Å². The second-order valence-electron chi connectivity index (χ2n) is 7.94. The Morgan fingerprint density at radius 3 is 2.63 bits per heavy atom. The van der Waals surface area contributed by atoms with Gasteiger partial charge in [-0.1, -0.05) is 24.3 Å². The summed E-state index contributed by atoms with van der Waals surface area (Å²) in [4.78, 5) is 2.52. The molecular weight excluding hydrogens is 378 g/mol. The first-order valence-electron chi connectivity index (χ1n) is 10.7. The Morgan fingerprint density at radius 1 is 1.03 bits per heavy atom. The maximum Gasteiger partial charge on any atom is 0.168 e. The van der Waals surface area contributed by atoms with Crippen molar-refractivity contribution in [3.8, 4) is 34.1 Å². The molecule has 4 rings (SSSR count). The molecule has 0 bridgehead atoms. The van der Waals surface area contributed by atoms with Crippen molar-refractivity contribution in [2.45, 2.75) is 25.8 Å². The van der Waals surface area contributed by atoms with Gasteiger partial charge in [-0.05, 0) is 48.9 Å². The molecule has 0 saturated heterocycles. The molecular formula is C25H31NO4. The Balaban J connectivity index is 1.68. The van der Waals surface area contributed by atoms with Crippen LogP contribution in [0.15, 0.2) is 42.5 Å². The van der Waals surface area contributed by atoms with Gasteiger partial charge in [0.05, 0.1) is 21.3 Å². The van der Waals surface area contributed by atoms with Gasteiger partial charge in [-0.25, -0.2) is 0 Å². The zero-order chi connectivity index (χ0) is 20.9. The number of ether oxygens (including phenoxy) is 4. The molecule has 0 spiro atoms. The van der Waals surface area contributed by atoms with E-state index < -0.39 is 0 Å². The summed E-state index contributed by atoms with van der Waals surface area (Å²) < 4.78 is 23.0. The summed E-state index contributed by atoms with van der Waals surface area (Å²) in [6.07, 6.45) is 8.27. The summed E-state index contributed by atoms with van der Waals surface area (Å²) in [5.41, 5.74) is 3.16. The molecule has 1 aliphatic carbocycles. The van der Waals surface area contributed by atoms with Gasteiger partial charge in [-0.15, -0.1) is 0 Å². The first-order valence-corrected chi connectivity index (χ1v) is 10.7. The fourth-order valence-electron chi connectivity index (χ4n) is 4.50. The van der Waals surface area contributed by atoms with Gasteiger partial charge >= 0.3 is 0 Å². The van der Waals surface area contributed by atoms with Crippen LogP contribution in [0.3, 0.4) is 0 Å². The summed E-state index contributed by atoms with van der Waals surface area (Å²) in [5, 5.41) is 0. The molecule has 1 unspecified atom stereocenters. The van der Waals surface area contributed by atoms with Gasteiger partial charge in [0.25, 0.3) is 0 Å². The Morgan fingerprint density at radius 2 is 1.90 bits per heavy atom. The molecule has 0 amide bonds. The van der Waals surface area contributed by atoms with Crippen molar-refractivity contribution < 1.29 is 18.9 Å². The molecule has 5 heteroatoms. The quantitative estimate of drug-likeness (QED) is 0.633. The van der Waals surface area contributed by atoms with Gasteiger partial charge < -0.3 is 18.9 Å². The lowest BCUT2D eigenvalue weighted by molar-refractivity contribution is 0.191. The largest absolute Gasteiger partial charge is 0.493 e. The van der Waals surface area contributed by atoms with E-state index in [9.17, 15) is 0 Å². The van der Waals surface area contributed by atoms with E-state index in [1.165, 1.54) is 19.3 Å². The number of fused-ring (bicyclic) bond motifs is 1. The molecule has 0 aromatic heterocycles. The van der Waals surface area contributed by atoms with Crippen molar-refractivity contribution in [1.82, 2.24) is 4.90 Å². The lowest BCUT2D eigenvalue weighted by Crippen LogP contribution is -2.31. The summed E-state index contributed by atoms with van der Waals surface area (Å²) in [5.74, 6) is 3.78. The number of hydrogen-bond donors (Lipinski definition) is 0. The molecule has 0 N–H and O–H groups in total. The number of nitrogens with zero attached hydrogens (tertiary/aromatic N) is 1. The highest BCUT2D eigenvalue weighted by molar-refractivity contribution is 5.77. The number of benzene rings is 2. The number of hydrogen-bond acceptors (Lipinski definition) is 5. The van der Waals surface area contributed by atoms with E-state index in [4.69, 9.17) is 18.9 Å². The fourth-order valence-corrected chi connectivity index (χ4v) is 4.50. The van der Waals surface area contributed by atoms with Crippen LogP contribution in [0.4, 0.5) is 0 Å². The average Bonchev–Trinajstić information content (AvgIpc) is 3.00. The lowest BCUT2D eigenvalue weighted by Gasteiger charge is -2.26. The SMILES string of the molecule is COc1cc(-c2cccc(OC)c2OC)cc2c1OCCN(CC1CC=CCC1)C2. The van der Waals surface area contributed by atoms with Gasteiger partial charge in [0, 0.05) is 30.8 Å². The highest BCUT2D eigenvalue weighted by atomic mass is 16.5. The number of methoxy groups -OCH3 is 3. The molecule has 0 fully saturated rings. The van der Waals surface area contributed by atoms with E-state index in [2.05, 4.69) is 23.1 Å². The van der Waals surface area contributed by atoms with Crippen LogP contribution in [-0.2, 0) is 6.54 Å². The maximum atomic E-state index is 6.15. The Kier molecular flexibility index (Phi) is 6.48. The van der Waals surface area contributed by atoms with E-state index in [0.29, 0.717) is 12.4 Å². The number of para-hydroxylation sites is 1. The molecule has 5 nitrogen and oxygen atoms in total. The summed E-state index contributed by atoms with van der Waals surface area (Å²) in [7, 11) is 5.03. The first-order chi connectivity index (χ1) is 14.7.